The summed E-state index contributed by atoms with van der Waals surface area (Å²) in [5.74, 6) is 1.01. The maximum atomic E-state index is 5.75. The van der Waals surface area contributed by atoms with E-state index < -0.39 is 0 Å². The molecule has 1 aromatic heterocycles. The molecule has 0 amide bonds. The van der Waals surface area contributed by atoms with E-state index >= 15 is 0 Å². The average Bonchev–Trinajstić information content (AvgIpc) is 3.21. The quantitative estimate of drug-likeness (QED) is 0.927. The molecule has 2 aliphatic rings. The highest BCUT2D eigenvalue weighted by Gasteiger charge is 2.25. The number of hydrogen-bond acceptors (Lipinski definition) is 3. The van der Waals surface area contributed by atoms with Gasteiger partial charge in [-0.2, -0.15) is 0 Å². The summed E-state index contributed by atoms with van der Waals surface area (Å²) < 4.78 is 8.05. The average molecular weight is 269 g/mol. The molecule has 1 fully saturated rings. The fourth-order valence-electron chi connectivity index (χ4n) is 2.90. The van der Waals surface area contributed by atoms with Gasteiger partial charge in [-0.15, -0.1) is 0 Å². The molecule has 20 heavy (non-hydrogen) atoms. The maximum absolute atomic E-state index is 5.75. The van der Waals surface area contributed by atoms with Gasteiger partial charge >= 0.3 is 0 Å². The van der Waals surface area contributed by atoms with Crippen molar-refractivity contribution >= 4 is 0 Å². The van der Waals surface area contributed by atoms with Crippen molar-refractivity contribution in [3.63, 3.8) is 0 Å². The number of aromatic nitrogens is 2. The summed E-state index contributed by atoms with van der Waals surface area (Å²) >= 11 is 0. The zero-order valence-electron chi connectivity index (χ0n) is 11.5. The second-order valence-corrected chi connectivity index (χ2v) is 5.64. The Kier molecular flexibility index (Phi) is 2.96. The number of nitrogens with one attached hydrogen (secondary N) is 1. The lowest BCUT2D eigenvalue weighted by Gasteiger charge is -2.28. The smallest absolute Gasteiger partial charge is 0.124 e. The van der Waals surface area contributed by atoms with E-state index in [1.807, 2.05) is 18.6 Å². The summed E-state index contributed by atoms with van der Waals surface area (Å²) in [5, 5.41) is 3.57. The molecule has 104 valence electrons. The molecule has 2 heterocycles. The molecular weight excluding hydrogens is 250 g/mol. The molecular formula is C16H19N3O. The topological polar surface area (TPSA) is 39.1 Å². The number of nitrogens with zero attached hydrogens (tertiary/aromatic N) is 2. The zero-order valence-corrected chi connectivity index (χ0v) is 11.5. The minimum Gasteiger partial charge on any atom is -0.493 e. The highest BCUT2D eigenvalue weighted by Crippen LogP contribution is 2.35. The van der Waals surface area contributed by atoms with Gasteiger partial charge in [0.15, 0.2) is 0 Å². The summed E-state index contributed by atoms with van der Waals surface area (Å²) in [6, 6.07) is 9.40. The minimum absolute atomic E-state index is 0.346. The second-order valence-electron chi connectivity index (χ2n) is 5.64. The van der Waals surface area contributed by atoms with Crippen LogP contribution in [-0.4, -0.2) is 22.2 Å². The van der Waals surface area contributed by atoms with Gasteiger partial charge in [-0.05, 0) is 18.9 Å². The molecule has 1 aliphatic carbocycles. The third-order valence-corrected chi connectivity index (χ3v) is 4.16. The van der Waals surface area contributed by atoms with E-state index in [4.69, 9.17) is 4.74 Å². The number of ether oxygens (including phenoxy) is 1. The standard InChI is InChI=1S/C16H19N3O/c1-2-4-16-14(3-1)15(7-8-20-16)19-11-17-9-13(19)10-18-12-5-6-12/h1-4,9,11-12,15,18H,5-8,10H2. The van der Waals surface area contributed by atoms with Crippen LogP contribution in [0, 0.1) is 0 Å². The lowest BCUT2D eigenvalue weighted by Crippen LogP contribution is -2.24. The van der Waals surface area contributed by atoms with Crippen molar-refractivity contribution in [3.8, 4) is 5.75 Å². The molecule has 0 saturated heterocycles. The number of rotatable bonds is 4. The van der Waals surface area contributed by atoms with Gasteiger partial charge < -0.3 is 14.6 Å². The van der Waals surface area contributed by atoms with E-state index in [9.17, 15) is 0 Å². The Labute approximate surface area is 118 Å². The third kappa shape index (κ3) is 2.20. The molecule has 0 spiro atoms. The summed E-state index contributed by atoms with van der Waals surface area (Å²) in [7, 11) is 0. The highest BCUT2D eigenvalue weighted by molar-refractivity contribution is 5.38. The zero-order chi connectivity index (χ0) is 13.4. The minimum atomic E-state index is 0.346. The number of para-hydroxylation sites is 1. The maximum Gasteiger partial charge on any atom is 0.124 e. The molecule has 4 nitrogen and oxygen atoms in total. The fourth-order valence-corrected chi connectivity index (χ4v) is 2.90. The van der Waals surface area contributed by atoms with E-state index in [0.29, 0.717) is 6.04 Å². The van der Waals surface area contributed by atoms with E-state index in [1.54, 1.807) is 0 Å². The monoisotopic (exact) mass is 269 g/mol. The van der Waals surface area contributed by atoms with E-state index in [2.05, 4.69) is 33.1 Å². The van der Waals surface area contributed by atoms with Gasteiger partial charge in [0.2, 0.25) is 0 Å². The molecule has 1 aliphatic heterocycles. The predicted molar refractivity (Wildman–Crippen MR) is 76.8 cm³/mol. The van der Waals surface area contributed by atoms with Crippen LogP contribution in [0.5, 0.6) is 5.75 Å². The molecule has 1 atom stereocenters. The lowest BCUT2D eigenvalue weighted by molar-refractivity contribution is 0.254. The summed E-state index contributed by atoms with van der Waals surface area (Å²) in [6.07, 6.45) is 7.57. The van der Waals surface area contributed by atoms with Crippen LogP contribution in [0.25, 0.3) is 0 Å². The van der Waals surface area contributed by atoms with Crippen LogP contribution in [-0.2, 0) is 6.54 Å². The van der Waals surface area contributed by atoms with Crippen LogP contribution >= 0.6 is 0 Å². The predicted octanol–water partition coefficient (Wildman–Crippen LogP) is 2.51. The van der Waals surface area contributed by atoms with Crippen molar-refractivity contribution in [2.75, 3.05) is 6.61 Å². The van der Waals surface area contributed by atoms with E-state index in [1.165, 1.54) is 24.1 Å². The molecule has 1 saturated carbocycles. The fraction of sp³-hybridized carbons (Fsp3) is 0.438. The Balaban J connectivity index is 1.62. The van der Waals surface area contributed by atoms with Crippen molar-refractivity contribution in [1.29, 1.82) is 0 Å². The van der Waals surface area contributed by atoms with Gasteiger partial charge in [-0.1, -0.05) is 18.2 Å². The largest absolute Gasteiger partial charge is 0.493 e. The first-order chi connectivity index (χ1) is 9.92. The molecule has 1 aromatic carbocycles. The van der Waals surface area contributed by atoms with Crippen molar-refractivity contribution in [3.05, 3.63) is 48.0 Å². The lowest BCUT2D eigenvalue weighted by atomic mass is 10.0. The number of hydrogen-bond donors (Lipinski definition) is 1. The number of benzene rings is 1. The Morgan fingerprint density at radius 1 is 1.25 bits per heavy atom. The molecule has 0 radical (unpaired) electrons. The summed E-state index contributed by atoms with van der Waals surface area (Å²) in [5.41, 5.74) is 2.53. The Morgan fingerprint density at radius 2 is 2.15 bits per heavy atom. The molecule has 1 N–H and O–H groups in total. The van der Waals surface area contributed by atoms with E-state index in [-0.39, 0.29) is 0 Å². The van der Waals surface area contributed by atoms with Crippen LogP contribution in [0.1, 0.15) is 36.6 Å². The third-order valence-electron chi connectivity index (χ3n) is 4.16. The van der Waals surface area contributed by atoms with Gasteiger partial charge in [0.05, 0.1) is 24.7 Å². The first-order valence-corrected chi connectivity index (χ1v) is 7.37. The van der Waals surface area contributed by atoms with Gasteiger partial charge in [0.1, 0.15) is 5.75 Å². The molecule has 0 bridgehead atoms. The summed E-state index contributed by atoms with van der Waals surface area (Å²) in [4.78, 5) is 4.35. The number of imidazole rings is 1. The van der Waals surface area contributed by atoms with Gasteiger partial charge in [0, 0.05) is 30.8 Å². The number of fused-ring (bicyclic) bond motifs is 1. The normalized spacial score (nSPS) is 21.3. The second kappa shape index (κ2) is 4.94. The Morgan fingerprint density at radius 3 is 3.05 bits per heavy atom. The summed E-state index contributed by atoms with van der Waals surface area (Å²) in [6.45, 7) is 1.68. The van der Waals surface area contributed by atoms with Crippen LogP contribution < -0.4 is 10.1 Å². The van der Waals surface area contributed by atoms with Crippen LogP contribution in [0.15, 0.2) is 36.8 Å². The van der Waals surface area contributed by atoms with Crippen molar-refractivity contribution < 1.29 is 4.74 Å². The molecule has 4 heteroatoms. The molecule has 2 aromatic rings. The molecule has 4 rings (SSSR count). The Hall–Kier alpha value is -1.81. The first kappa shape index (κ1) is 12.0. The van der Waals surface area contributed by atoms with Crippen molar-refractivity contribution in [2.45, 2.75) is 37.9 Å². The van der Waals surface area contributed by atoms with E-state index in [0.717, 1.165) is 31.4 Å². The highest BCUT2D eigenvalue weighted by atomic mass is 16.5. The van der Waals surface area contributed by atoms with Crippen molar-refractivity contribution in [1.82, 2.24) is 14.9 Å². The van der Waals surface area contributed by atoms with Crippen LogP contribution in [0.4, 0.5) is 0 Å². The SMILES string of the molecule is c1ccc2c(c1)OCCC2n1cncc1CNC1CC1. The van der Waals surface area contributed by atoms with Crippen LogP contribution in [0.2, 0.25) is 0 Å². The first-order valence-electron chi connectivity index (χ1n) is 7.37. The van der Waals surface area contributed by atoms with Gasteiger partial charge in [0.25, 0.3) is 0 Å². The molecule has 1 unspecified atom stereocenters. The van der Waals surface area contributed by atoms with Crippen molar-refractivity contribution in [2.24, 2.45) is 0 Å². The van der Waals surface area contributed by atoms with Gasteiger partial charge in [-0.3, -0.25) is 0 Å². The Bertz CT molecular complexity index is 603. The van der Waals surface area contributed by atoms with Crippen LogP contribution in [0.3, 0.4) is 0 Å². The van der Waals surface area contributed by atoms with Gasteiger partial charge in [-0.25, -0.2) is 4.98 Å².